The van der Waals surface area contributed by atoms with Gasteiger partial charge in [0.25, 0.3) is 0 Å². The summed E-state index contributed by atoms with van der Waals surface area (Å²) in [4.78, 5) is 3.70. The fourth-order valence-corrected chi connectivity index (χ4v) is 4.62. The van der Waals surface area contributed by atoms with Gasteiger partial charge in [-0.15, -0.1) is 0 Å². The molecule has 176 valence electrons. The summed E-state index contributed by atoms with van der Waals surface area (Å²) in [6.45, 7) is -0.737. The third kappa shape index (κ3) is 6.79. The number of halogens is 6. The molecule has 10 heteroatoms. The normalized spacial score (nSPS) is 26.9. The van der Waals surface area contributed by atoms with Crippen LogP contribution in [-0.2, 0) is 17.3 Å². The highest BCUT2D eigenvalue weighted by Crippen LogP contribution is 2.36. The molecule has 0 saturated heterocycles. The summed E-state index contributed by atoms with van der Waals surface area (Å²) in [5.41, 5.74) is -1.83. The minimum absolute atomic E-state index is 0.0199. The van der Waals surface area contributed by atoms with Crippen molar-refractivity contribution in [2.24, 2.45) is 0 Å². The maximum Gasteiger partial charge on any atom is 0.433 e. The summed E-state index contributed by atoms with van der Waals surface area (Å²) in [6.07, 6.45) is -5.75. The van der Waals surface area contributed by atoms with Crippen molar-refractivity contribution in [2.45, 2.75) is 94.0 Å². The van der Waals surface area contributed by atoms with E-state index < -0.39 is 36.2 Å². The second kappa shape index (κ2) is 9.62. The Morgan fingerprint density at radius 2 is 1.74 bits per heavy atom. The molecule has 1 heterocycles. The molecule has 2 aliphatic rings. The van der Waals surface area contributed by atoms with Gasteiger partial charge in [0.15, 0.2) is 6.10 Å². The van der Waals surface area contributed by atoms with E-state index in [-0.39, 0.29) is 24.3 Å². The summed E-state index contributed by atoms with van der Waals surface area (Å²) in [5, 5.41) is 12.3. The van der Waals surface area contributed by atoms with E-state index in [1.807, 2.05) is 0 Å². The Morgan fingerprint density at radius 3 is 2.39 bits per heavy atom. The maximum atomic E-state index is 13.1. The van der Waals surface area contributed by atoms with Gasteiger partial charge in [0.05, 0.1) is 12.2 Å². The molecule has 1 aromatic heterocycles. The van der Waals surface area contributed by atoms with Crippen molar-refractivity contribution in [2.75, 3.05) is 6.54 Å². The van der Waals surface area contributed by atoms with Crippen molar-refractivity contribution in [1.82, 2.24) is 10.3 Å². The predicted octanol–water partition coefficient (Wildman–Crippen LogP) is 4.80. The smallest absolute Gasteiger partial charge is 0.382 e. The fourth-order valence-electron chi connectivity index (χ4n) is 4.62. The van der Waals surface area contributed by atoms with Crippen LogP contribution >= 0.6 is 0 Å². The van der Waals surface area contributed by atoms with Gasteiger partial charge in [0.1, 0.15) is 5.69 Å². The van der Waals surface area contributed by atoms with Crippen molar-refractivity contribution in [3.8, 4) is 0 Å². The zero-order valence-corrected chi connectivity index (χ0v) is 17.1. The lowest BCUT2D eigenvalue weighted by molar-refractivity contribution is -0.203. The Hall–Kier alpha value is -1.39. The van der Waals surface area contributed by atoms with Crippen LogP contribution in [0.5, 0.6) is 0 Å². The zero-order chi connectivity index (χ0) is 22.7. The van der Waals surface area contributed by atoms with Gasteiger partial charge in [-0.2, -0.15) is 26.3 Å². The van der Waals surface area contributed by atoms with Crippen LogP contribution in [0.3, 0.4) is 0 Å². The Labute approximate surface area is 177 Å². The van der Waals surface area contributed by atoms with Crippen LogP contribution < -0.4 is 5.32 Å². The minimum atomic E-state index is -4.78. The van der Waals surface area contributed by atoms with E-state index >= 15 is 0 Å². The molecule has 31 heavy (non-hydrogen) atoms. The van der Waals surface area contributed by atoms with Crippen LogP contribution in [-0.4, -0.2) is 46.7 Å². The second-order valence-electron chi connectivity index (χ2n) is 8.67. The summed E-state index contributed by atoms with van der Waals surface area (Å²) < 4.78 is 83.9. The first kappa shape index (κ1) is 24.3. The molecule has 3 unspecified atom stereocenters. The van der Waals surface area contributed by atoms with Crippen molar-refractivity contribution in [3.63, 3.8) is 0 Å². The zero-order valence-electron chi connectivity index (χ0n) is 17.1. The number of pyridine rings is 1. The number of hydrogen-bond donors (Lipinski definition) is 2. The molecule has 3 rings (SSSR count). The van der Waals surface area contributed by atoms with Gasteiger partial charge in [0, 0.05) is 24.2 Å². The maximum absolute atomic E-state index is 13.1. The van der Waals surface area contributed by atoms with E-state index in [4.69, 9.17) is 4.74 Å². The van der Waals surface area contributed by atoms with Gasteiger partial charge in [-0.3, -0.25) is 0 Å². The molecule has 2 N–H and O–H groups in total. The van der Waals surface area contributed by atoms with Crippen LogP contribution in [0.1, 0.15) is 62.8 Å². The Balaban J connectivity index is 1.78. The first-order chi connectivity index (χ1) is 14.5. The van der Waals surface area contributed by atoms with Crippen molar-refractivity contribution < 1.29 is 36.2 Å². The first-order valence-corrected chi connectivity index (χ1v) is 10.7. The highest BCUT2D eigenvalue weighted by atomic mass is 19.4. The van der Waals surface area contributed by atoms with E-state index in [1.54, 1.807) is 0 Å². The lowest BCUT2D eigenvalue weighted by atomic mass is 9.76. The molecule has 1 aromatic rings. The molecule has 0 aromatic carbocycles. The van der Waals surface area contributed by atoms with Gasteiger partial charge in [-0.05, 0) is 50.7 Å². The number of aromatic nitrogens is 1. The van der Waals surface area contributed by atoms with E-state index in [0.29, 0.717) is 19.3 Å². The SMILES string of the molecule is OC(CNC1(Cc2cccc(C(F)(F)F)n2)CCCC(OC2CCCC2)C1)C(F)(F)F. The van der Waals surface area contributed by atoms with E-state index in [0.717, 1.165) is 38.2 Å². The van der Waals surface area contributed by atoms with Gasteiger partial charge in [-0.1, -0.05) is 18.9 Å². The number of hydrogen-bond acceptors (Lipinski definition) is 4. The highest BCUT2D eigenvalue weighted by Gasteiger charge is 2.43. The van der Waals surface area contributed by atoms with E-state index in [9.17, 15) is 31.4 Å². The van der Waals surface area contributed by atoms with E-state index in [2.05, 4.69) is 10.3 Å². The minimum Gasteiger partial charge on any atom is -0.382 e. The fraction of sp³-hybridized carbons (Fsp3) is 0.762. The standard InChI is InChI=1S/C21H28F6N2O2/c22-20(23,24)17-9-3-5-14(29-17)11-19(28-13-18(30)21(25,26)27)10-4-8-16(12-19)31-15-6-1-2-7-15/h3,5,9,15-16,18,28,30H,1-2,4,6-8,10-13H2. The number of β-amino-alcohol motifs (C(OH)–C–C–N with tert-alkyl or cyclic N) is 1. The second-order valence-corrected chi connectivity index (χ2v) is 8.67. The molecule has 0 spiro atoms. The summed E-state index contributed by atoms with van der Waals surface area (Å²) in [7, 11) is 0. The molecule has 0 bridgehead atoms. The summed E-state index contributed by atoms with van der Waals surface area (Å²) in [5.74, 6) is 0. The molecular weight excluding hydrogens is 426 g/mol. The van der Waals surface area contributed by atoms with Crippen LogP contribution in [0.15, 0.2) is 18.2 Å². The van der Waals surface area contributed by atoms with Crippen molar-refractivity contribution in [3.05, 3.63) is 29.6 Å². The molecule has 3 atom stereocenters. The molecule has 0 radical (unpaired) electrons. The molecule has 0 aliphatic heterocycles. The molecule has 2 saturated carbocycles. The monoisotopic (exact) mass is 454 g/mol. The lowest BCUT2D eigenvalue weighted by Crippen LogP contribution is -2.55. The number of aliphatic hydroxyl groups excluding tert-OH is 1. The highest BCUT2D eigenvalue weighted by molar-refractivity contribution is 5.17. The van der Waals surface area contributed by atoms with Crippen molar-refractivity contribution in [1.29, 1.82) is 0 Å². The lowest BCUT2D eigenvalue weighted by Gasteiger charge is -2.43. The molecule has 0 amide bonds. The number of nitrogens with zero attached hydrogens (tertiary/aromatic N) is 1. The van der Waals surface area contributed by atoms with Crippen LogP contribution in [0.4, 0.5) is 26.3 Å². The largest absolute Gasteiger partial charge is 0.433 e. The topological polar surface area (TPSA) is 54.4 Å². The van der Waals surface area contributed by atoms with Crippen LogP contribution in [0, 0.1) is 0 Å². The molecule has 2 fully saturated rings. The number of ether oxygens (including phenoxy) is 1. The third-order valence-electron chi connectivity index (χ3n) is 6.15. The van der Waals surface area contributed by atoms with Crippen LogP contribution in [0.2, 0.25) is 0 Å². The third-order valence-corrected chi connectivity index (χ3v) is 6.15. The van der Waals surface area contributed by atoms with Gasteiger partial charge in [-0.25, -0.2) is 4.98 Å². The number of rotatable bonds is 7. The summed E-state index contributed by atoms with van der Waals surface area (Å²) in [6, 6.07) is 3.56. The van der Waals surface area contributed by atoms with Crippen molar-refractivity contribution >= 4 is 0 Å². The molecular formula is C21H28F6N2O2. The quantitative estimate of drug-likeness (QED) is 0.582. The summed E-state index contributed by atoms with van der Waals surface area (Å²) >= 11 is 0. The number of alkyl halides is 6. The van der Waals surface area contributed by atoms with Gasteiger partial charge < -0.3 is 15.2 Å². The van der Waals surface area contributed by atoms with Gasteiger partial charge in [0.2, 0.25) is 0 Å². The van der Waals surface area contributed by atoms with E-state index in [1.165, 1.54) is 12.1 Å². The Bertz CT molecular complexity index is 721. The molecule has 2 aliphatic carbocycles. The first-order valence-electron chi connectivity index (χ1n) is 10.7. The average Bonchev–Trinajstić information content (AvgIpc) is 3.18. The molecule has 4 nitrogen and oxygen atoms in total. The van der Waals surface area contributed by atoms with Gasteiger partial charge >= 0.3 is 12.4 Å². The Morgan fingerprint density at radius 1 is 1.06 bits per heavy atom. The number of aliphatic hydroxyl groups is 1. The average molecular weight is 454 g/mol. The number of nitrogens with one attached hydrogen (secondary N) is 1. The Kier molecular flexibility index (Phi) is 7.53. The van der Waals surface area contributed by atoms with Crippen LogP contribution in [0.25, 0.3) is 0 Å². The predicted molar refractivity (Wildman–Crippen MR) is 101 cm³/mol.